The quantitative estimate of drug-likeness (QED) is 0.573. The molecule has 1 aliphatic rings. The van der Waals surface area contributed by atoms with Crippen LogP contribution in [0.25, 0.3) is 0 Å². The molecule has 4 rings (SSSR count). The lowest BCUT2D eigenvalue weighted by Gasteiger charge is -2.38. The number of carbonyl (C=O) groups is 2. The van der Waals surface area contributed by atoms with Crippen LogP contribution in [-0.4, -0.2) is 26.3 Å². The molecule has 0 radical (unpaired) electrons. The van der Waals surface area contributed by atoms with Crippen molar-refractivity contribution in [3.05, 3.63) is 83.4 Å². The number of rotatable bonds is 5. The van der Waals surface area contributed by atoms with Gasteiger partial charge in [0, 0.05) is 5.02 Å². The molecule has 10 heteroatoms. The minimum Gasteiger partial charge on any atom is -0.481 e. The number of sulfonamides is 1. The van der Waals surface area contributed by atoms with Gasteiger partial charge >= 0.3 is 0 Å². The summed E-state index contributed by atoms with van der Waals surface area (Å²) in [6, 6.07) is 18.3. The Hall–Kier alpha value is -3.40. The smallest absolute Gasteiger partial charge is 0.268 e. The maximum absolute atomic E-state index is 13.6. The first kappa shape index (κ1) is 22.8. The minimum absolute atomic E-state index is 0.158. The van der Waals surface area contributed by atoms with Crippen molar-refractivity contribution in [1.29, 1.82) is 0 Å². The Labute approximate surface area is 196 Å². The molecule has 1 heterocycles. The summed E-state index contributed by atoms with van der Waals surface area (Å²) >= 11 is 5.91. The topological polar surface area (TPSA) is 119 Å². The standard InChI is InChI=1S/C23H20ClN3O5S/c1-14(32-17-9-7-16(24)8-10-17)23(29)27-20-12-11-18(33(25,30)31)13-19(20)26-22(28)21(27)15-5-3-2-4-6-15/h2-14,21H,1H3,(H,26,28)(H2,25,30,31). The third-order valence-corrected chi connectivity index (χ3v) is 6.31. The van der Waals surface area contributed by atoms with Crippen molar-refractivity contribution < 1.29 is 22.7 Å². The van der Waals surface area contributed by atoms with Gasteiger partial charge < -0.3 is 10.1 Å². The van der Waals surface area contributed by atoms with Gasteiger partial charge in [0.1, 0.15) is 11.8 Å². The van der Waals surface area contributed by atoms with E-state index in [2.05, 4.69) is 5.32 Å². The normalized spacial score (nSPS) is 16.5. The summed E-state index contributed by atoms with van der Waals surface area (Å²) < 4.78 is 29.4. The second kappa shape index (κ2) is 8.86. The molecule has 2 unspecified atom stereocenters. The van der Waals surface area contributed by atoms with E-state index in [4.69, 9.17) is 21.5 Å². The SMILES string of the molecule is CC(Oc1ccc(Cl)cc1)C(=O)N1c2ccc(S(N)(=O)=O)cc2NC(=O)C1c1ccccc1. The number of primary sulfonamides is 1. The number of hydrogen-bond donors (Lipinski definition) is 2. The first-order valence-corrected chi connectivity index (χ1v) is 11.9. The van der Waals surface area contributed by atoms with Crippen molar-refractivity contribution in [3.8, 4) is 5.75 Å². The zero-order valence-corrected chi connectivity index (χ0v) is 19.0. The first-order chi connectivity index (χ1) is 15.6. The summed E-state index contributed by atoms with van der Waals surface area (Å²) in [7, 11) is -4.01. The van der Waals surface area contributed by atoms with Crippen LogP contribution in [0.15, 0.2) is 77.7 Å². The van der Waals surface area contributed by atoms with Crippen LogP contribution in [-0.2, 0) is 19.6 Å². The number of amides is 2. The van der Waals surface area contributed by atoms with Crippen LogP contribution in [0.2, 0.25) is 5.02 Å². The van der Waals surface area contributed by atoms with Crippen LogP contribution in [0.5, 0.6) is 5.75 Å². The van der Waals surface area contributed by atoms with Gasteiger partial charge in [0.15, 0.2) is 6.10 Å². The Morgan fingerprint density at radius 1 is 1.09 bits per heavy atom. The van der Waals surface area contributed by atoms with Gasteiger partial charge in [-0.05, 0) is 55.0 Å². The summed E-state index contributed by atoms with van der Waals surface area (Å²) in [4.78, 5) is 27.8. The number of ether oxygens (including phenoxy) is 1. The lowest BCUT2D eigenvalue weighted by molar-refractivity contribution is -0.128. The average molecular weight is 486 g/mol. The maximum Gasteiger partial charge on any atom is 0.268 e. The fourth-order valence-corrected chi connectivity index (χ4v) is 4.27. The number of fused-ring (bicyclic) bond motifs is 1. The van der Waals surface area contributed by atoms with Crippen LogP contribution in [0.3, 0.4) is 0 Å². The van der Waals surface area contributed by atoms with E-state index in [1.807, 2.05) is 0 Å². The zero-order valence-electron chi connectivity index (χ0n) is 17.4. The number of anilines is 2. The molecule has 170 valence electrons. The Bertz CT molecular complexity index is 1310. The number of nitrogens with two attached hydrogens (primary N) is 1. The fraction of sp³-hybridized carbons (Fsp3) is 0.130. The van der Waals surface area contributed by atoms with E-state index in [1.54, 1.807) is 61.5 Å². The number of nitrogens with one attached hydrogen (secondary N) is 1. The molecule has 0 saturated heterocycles. The van der Waals surface area contributed by atoms with Gasteiger partial charge in [0.05, 0.1) is 16.3 Å². The molecule has 0 fully saturated rings. The third kappa shape index (κ3) is 4.70. The predicted octanol–water partition coefficient (Wildman–Crippen LogP) is 3.48. The number of nitrogens with zero attached hydrogens (tertiary/aromatic N) is 1. The highest BCUT2D eigenvalue weighted by Gasteiger charge is 2.40. The van der Waals surface area contributed by atoms with E-state index in [0.29, 0.717) is 22.0 Å². The molecule has 3 aromatic carbocycles. The number of benzene rings is 3. The molecule has 0 saturated carbocycles. The van der Waals surface area contributed by atoms with E-state index >= 15 is 0 Å². The molecule has 3 aromatic rings. The summed E-state index contributed by atoms with van der Waals surface area (Å²) in [6.07, 6.45) is -0.964. The lowest BCUT2D eigenvalue weighted by Crippen LogP contribution is -2.49. The molecule has 0 aliphatic carbocycles. The van der Waals surface area contributed by atoms with Gasteiger partial charge in [0.2, 0.25) is 10.0 Å². The number of halogens is 1. The van der Waals surface area contributed by atoms with Gasteiger partial charge in [-0.25, -0.2) is 13.6 Å². The van der Waals surface area contributed by atoms with Gasteiger partial charge in [-0.3, -0.25) is 14.5 Å². The molecule has 8 nitrogen and oxygen atoms in total. The first-order valence-electron chi connectivity index (χ1n) is 9.93. The van der Waals surface area contributed by atoms with Crippen LogP contribution < -0.4 is 20.1 Å². The van der Waals surface area contributed by atoms with E-state index in [9.17, 15) is 18.0 Å². The van der Waals surface area contributed by atoms with Crippen molar-refractivity contribution in [3.63, 3.8) is 0 Å². The van der Waals surface area contributed by atoms with Crippen molar-refractivity contribution >= 4 is 44.8 Å². The maximum atomic E-state index is 13.6. The zero-order chi connectivity index (χ0) is 23.8. The van der Waals surface area contributed by atoms with Crippen molar-refractivity contribution in [2.75, 3.05) is 10.2 Å². The predicted molar refractivity (Wildman–Crippen MR) is 125 cm³/mol. The van der Waals surface area contributed by atoms with Gasteiger partial charge in [-0.2, -0.15) is 0 Å². The summed E-state index contributed by atoms with van der Waals surface area (Å²) in [5, 5.41) is 8.45. The highest BCUT2D eigenvalue weighted by Crippen LogP contribution is 2.40. The van der Waals surface area contributed by atoms with Crippen molar-refractivity contribution in [2.24, 2.45) is 5.14 Å². The second-order valence-electron chi connectivity index (χ2n) is 7.45. The molecule has 1 aliphatic heterocycles. The molecule has 0 spiro atoms. The molecule has 2 amide bonds. The molecule has 3 N–H and O–H groups in total. The molecule has 33 heavy (non-hydrogen) atoms. The van der Waals surface area contributed by atoms with Gasteiger partial charge in [-0.1, -0.05) is 41.9 Å². The molecular weight excluding hydrogens is 466 g/mol. The molecule has 2 atom stereocenters. The van der Waals surface area contributed by atoms with E-state index < -0.39 is 34.0 Å². The molecular formula is C23H20ClN3O5S. The second-order valence-corrected chi connectivity index (χ2v) is 9.45. The van der Waals surface area contributed by atoms with Crippen molar-refractivity contribution in [1.82, 2.24) is 0 Å². The highest BCUT2D eigenvalue weighted by molar-refractivity contribution is 7.89. The highest BCUT2D eigenvalue weighted by atomic mass is 35.5. The monoisotopic (exact) mass is 485 g/mol. The Kier molecular flexibility index (Phi) is 6.11. The van der Waals surface area contributed by atoms with Crippen LogP contribution >= 0.6 is 11.6 Å². The number of hydrogen-bond acceptors (Lipinski definition) is 5. The van der Waals surface area contributed by atoms with E-state index in [-0.39, 0.29) is 10.6 Å². The summed E-state index contributed by atoms with van der Waals surface area (Å²) in [6.45, 7) is 1.57. The fourth-order valence-electron chi connectivity index (χ4n) is 3.61. The number of carbonyl (C=O) groups excluding carboxylic acids is 2. The van der Waals surface area contributed by atoms with E-state index in [0.717, 1.165) is 0 Å². The average Bonchev–Trinajstić information content (AvgIpc) is 2.78. The van der Waals surface area contributed by atoms with Crippen LogP contribution in [0, 0.1) is 0 Å². The van der Waals surface area contributed by atoms with Gasteiger partial charge in [0.25, 0.3) is 11.8 Å². The van der Waals surface area contributed by atoms with Gasteiger partial charge in [-0.15, -0.1) is 0 Å². The van der Waals surface area contributed by atoms with Crippen LogP contribution in [0.4, 0.5) is 11.4 Å². The Morgan fingerprint density at radius 2 is 1.76 bits per heavy atom. The largest absolute Gasteiger partial charge is 0.481 e. The van der Waals surface area contributed by atoms with E-state index in [1.165, 1.54) is 23.1 Å². The molecule has 0 bridgehead atoms. The summed E-state index contributed by atoms with van der Waals surface area (Å²) in [5.41, 5.74) is 1.07. The lowest BCUT2D eigenvalue weighted by atomic mass is 9.99. The van der Waals surface area contributed by atoms with Crippen LogP contribution in [0.1, 0.15) is 18.5 Å². The molecule has 0 aromatic heterocycles. The Balaban J connectivity index is 1.77. The summed E-state index contributed by atoms with van der Waals surface area (Å²) in [5.74, 6) is -0.548. The third-order valence-electron chi connectivity index (χ3n) is 5.15. The minimum atomic E-state index is -4.01. The van der Waals surface area contributed by atoms with Crippen molar-refractivity contribution in [2.45, 2.75) is 24.0 Å². The Morgan fingerprint density at radius 3 is 2.39 bits per heavy atom.